The Bertz CT molecular complexity index is 513. The van der Waals surface area contributed by atoms with Crippen LogP contribution in [0.4, 0.5) is 5.69 Å². The van der Waals surface area contributed by atoms with E-state index in [2.05, 4.69) is 10.5 Å². The third-order valence-corrected chi connectivity index (χ3v) is 4.39. The first kappa shape index (κ1) is 17.7. The fourth-order valence-corrected chi connectivity index (χ4v) is 3.05. The van der Waals surface area contributed by atoms with Gasteiger partial charge < -0.3 is 14.8 Å². The quantitative estimate of drug-likeness (QED) is 0.347. The highest BCUT2D eigenvalue weighted by Crippen LogP contribution is 2.50. The number of nitrogens with one attached hydrogen (secondary N) is 1. The summed E-state index contributed by atoms with van der Waals surface area (Å²) in [5, 5.41) is 3.93. The van der Waals surface area contributed by atoms with Crippen molar-refractivity contribution in [3.8, 4) is 0 Å². The summed E-state index contributed by atoms with van der Waals surface area (Å²) in [6, 6.07) is 7.57. The van der Waals surface area contributed by atoms with Crippen LogP contribution in [0.1, 0.15) is 33.3 Å². The molecule has 0 aliphatic rings. The number of benzene rings is 1. The van der Waals surface area contributed by atoms with E-state index in [-0.39, 0.29) is 17.8 Å². The van der Waals surface area contributed by atoms with Gasteiger partial charge in [0.05, 0.1) is 17.9 Å². The molecule has 0 radical (unpaired) electrons. The molecule has 0 atom stereocenters. The van der Waals surface area contributed by atoms with Gasteiger partial charge in [-0.25, -0.2) is 0 Å². The minimum atomic E-state index is -3.60. The van der Waals surface area contributed by atoms with E-state index in [1.165, 1.54) is 0 Å². The zero-order valence-electron chi connectivity index (χ0n) is 13.2. The van der Waals surface area contributed by atoms with E-state index in [1.54, 1.807) is 27.7 Å². The predicted molar refractivity (Wildman–Crippen MR) is 86.5 cm³/mol. The van der Waals surface area contributed by atoms with Gasteiger partial charge >= 0.3 is 7.60 Å². The first-order valence-corrected chi connectivity index (χ1v) is 8.40. The second-order valence-electron chi connectivity index (χ2n) is 5.25. The van der Waals surface area contributed by atoms with Crippen molar-refractivity contribution in [1.29, 1.82) is 0 Å². The maximum Gasteiger partial charge on any atom is 0.398 e. The molecule has 0 bridgehead atoms. The van der Waals surface area contributed by atoms with E-state index >= 15 is 0 Å². The van der Waals surface area contributed by atoms with E-state index in [1.807, 2.05) is 31.2 Å². The highest BCUT2D eigenvalue weighted by Gasteiger charge is 2.33. The maximum atomic E-state index is 12.7. The topological polar surface area (TPSA) is 85.9 Å². The lowest BCUT2D eigenvalue weighted by atomic mass is 10.2. The maximum absolute atomic E-state index is 12.7. The van der Waals surface area contributed by atoms with E-state index in [0.29, 0.717) is 0 Å². The second-order valence-corrected chi connectivity index (χ2v) is 7.13. The number of nitrogens with zero attached hydrogens (tertiary/aromatic N) is 1. The van der Waals surface area contributed by atoms with Gasteiger partial charge in [-0.3, -0.25) is 9.99 Å². The van der Waals surface area contributed by atoms with Crippen molar-refractivity contribution in [2.24, 2.45) is 10.8 Å². The summed E-state index contributed by atoms with van der Waals surface area (Å²) < 4.78 is 23.4. The van der Waals surface area contributed by atoms with Crippen LogP contribution in [-0.2, 0) is 13.6 Å². The number of rotatable bonds is 7. The van der Waals surface area contributed by atoms with E-state index in [9.17, 15) is 4.57 Å². The third-order valence-electron chi connectivity index (χ3n) is 2.33. The molecule has 3 N–H and O–H groups in total. The molecule has 0 spiro atoms. The van der Waals surface area contributed by atoms with Crippen molar-refractivity contribution in [3.63, 3.8) is 0 Å². The molecule has 0 saturated heterocycles. The Kier molecular flexibility index (Phi) is 6.40. The smallest absolute Gasteiger partial charge is 0.375 e. The standard InChI is InChI=1S/C14H24N3O3P/c1-10(2)19-21(18,20-11(3)4)14(15)17-16-13-8-6-12(5)7-9-13/h6-11,16H,1-5H3,(H2,15,17). The highest BCUT2D eigenvalue weighted by atomic mass is 31.2. The van der Waals surface area contributed by atoms with Crippen molar-refractivity contribution in [3.05, 3.63) is 29.8 Å². The number of hydrogen-bond donors (Lipinski definition) is 2. The Morgan fingerprint density at radius 3 is 2.05 bits per heavy atom. The summed E-state index contributed by atoms with van der Waals surface area (Å²) in [6.45, 7) is 9.03. The molecule has 0 aromatic heterocycles. The van der Waals surface area contributed by atoms with Crippen LogP contribution in [0.15, 0.2) is 29.4 Å². The SMILES string of the molecule is Cc1ccc(NN=C(N)P(=O)(OC(C)C)OC(C)C)cc1. The Balaban J connectivity index is 2.88. The molecule has 0 aliphatic heterocycles. The second kappa shape index (κ2) is 7.59. The third kappa shape index (κ3) is 5.87. The minimum absolute atomic E-state index is 0.189. The van der Waals surface area contributed by atoms with E-state index < -0.39 is 7.60 Å². The summed E-state index contributed by atoms with van der Waals surface area (Å²) in [5.41, 5.74) is 10.2. The molecular formula is C14H24N3O3P. The number of hydrogen-bond acceptors (Lipinski definition) is 5. The van der Waals surface area contributed by atoms with Crippen LogP contribution in [0.2, 0.25) is 0 Å². The van der Waals surface area contributed by atoms with Crippen LogP contribution in [-0.4, -0.2) is 17.8 Å². The Hall–Kier alpha value is -1.36. The lowest BCUT2D eigenvalue weighted by Gasteiger charge is -2.21. The lowest BCUT2D eigenvalue weighted by Crippen LogP contribution is -2.21. The van der Waals surface area contributed by atoms with Crippen LogP contribution < -0.4 is 11.2 Å². The molecule has 21 heavy (non-hydrogen) atoms. The fourth-order valence-electron chi connectivity index (χ4n) is 1.50. The summed E-state index contributed by atoms with van der Waals surface area (Å²) in [4.78, 5) is 0. The van der Waals surface area contributed by atoms with Gasteiger partial charge in [-0.2, -0.15) is 0 Å². The molecule has 1 aromatic carbocycles. The predicted octanol–water partition coefficient (Wildman–Crippen LogP) is 3.68. The lowest BCUT2D eigenvalue weighted by molar-refractivity contribution is 0.152. The zero-order chi connectivity index (χ0) is 16.0. The zero-order valence-corrected chi connectivity index (χ0v) is 14.1. The van der Waals surface area contributed by atoms with Gasteiger partial charge in [0.2, 0.25) is 5.58 Å². The Morgan fingerprint density at radius 2 is 1.62 bits per heavy atom. The van der Waals surface area contributed by atoms with E-state index in [4.69, 9.17) is 14.8 Å². The van der Waals surface area contributed by atoms with Crippen molar-refractivity contribution in [2.45, 2.75) is 46.8 Å². The van der Waals surface area contributed by atoms with Gasteiger partial charge in [0.1, 0.15) is 0 Å². The first-order valence-electron chi connectivity index (χ1n) is 6.86. The molecular weight excluding hydrogens is 289 g/mol. The van der Waals surface area contributed by atoms with Gasteiger partial charge in [0.15, 0.2) is 0 Å². The van der Waals surface area contributed by atoms with Gasteiger partial charge in [-0.1, -0.05) is 17.7 Å². The highest BCUT2D eigenvalue weighted by molar-refractivity contribution is 7.72. The Morgan fingerprint density at radius 1 is 1.14 bits per heavy atom. The van der Waals surface area contributed by atoms with Crippen molar-refractivity contribution in [2.75, 3.05) is 5.43 Å². The normalized spacial score (nSPS) is 13.0. The molecule has 1 rings (SSSR count). The number of nitrogens with two attached hydrogens (primary N) is 1. The van der Waals surface area contributed by atoms with Gasteiger partial charge in [0.25, 0.3) is 0 Å². The summed E-state index contributed by atoms with van der Waals surface area (Å²) in [5.74, 6) is 0. The molecule has 118 valence electrons. The molecule has 6 nitrogen and oxygen atoms in total. The number of hydrazone groups is 1. The molecule has 1 aromatic rings. The average Bonchev–Trinajstić information content (AvgIpc) is 2.35. The van der Waals surface area contributed by atoms with Crippen molar-refractivity contribution < 1.29 is 13.6 Å². The molecule has 0 fully saturated rings. The molecule has 7 heteroatoms. The molecule has 0 heterocycles. The van der Waals surface area contributed by atoms with Crippen LogP contribution in [0, 0.1) is 6.92 Å². The summed E-state index contributed by atoms with van der Waals surface area (Å²) in [6.07, 6.45) is -0.578. The first-order chi connectivity index (χ1) is 9.73. The molecule has 0 unspecified atom stereocenters. The van der Waals surface area contributed by atoms with Crippen LogP contribution in [0.5, 0.6) is 0 Å². The molecule has 0 amide bonds. The number of aryl methyl sites for hydroxylation is 1. The molecule has 0 saturated carbocycles. The van der Waals surface area contributed by atoms with E-state index in [0.717, 1.165) is 11.3 Å². The summed E-state index contributed by atoms with van der Waals surface area (Å²) >= 11 is 0. The van der Waals surface area contributed by atoms with Crippen molar-refractivity contribution >= 4 is 18.9 Å². The summed E-state index contributed by atoms with van der Waals surface area (Å²) in [7, 11) is -3.60. The minimum Gasteiger partial charge on any atom is -0.375 e. The molecule has 0 aliphatic carbocycles. The monoisotopic (exact) mass is 313 g/mol. The van der Waals surface area contributed by atoms with Gasteiger partial charge in [0, 0.05) is 0 Å². The van der Waals surface area contributed by atoms with Gasteiger partial charge in [-0.05, 0) is 46.8 Å². The van der Waals surface area contributed by atoms with Gasteiger partial charge in [-0.15, -0.1) is 5.10 Å². The van der Waals surface area contributed by atoms with Crippen molar-refractivity contribution in [1.82, 2.24) is 0 Å². The Labute approximate surface area is 126 Å². The average molecular weight is 313 g/mol. The van der Waals surface area contributed by atoms with Crippen LogP contribution in [0.3, 0.4) is 0 Å². The largest absolute Gasteiger partial charge is 0.398 e. The number of amidine groups is 1. The van der Waals surface area contributed by atoms with Crippen LogP contribution in [0.25, 0.3) is 0 Å². The number of anilines is 1. The van der Waals surface area contributed by atoms with Crippen LogP contribution >= 0.6 is 7.60 Å². The fraction of sp³-hybridized carbons (Fsp3) is 0.500.